The summed E-state index contributed by atoms with van der Waals surface area (Å²) in [6, 6.07) is 9.42. The third-order valence-electron chi connectivity index (χ3n) is 4.62. The van der Waals surface area contributed by atoms with Crippen molar-refractivity contribution in [3.05, 3.63) is 52.1 Å². The van der Waals surface area contributed by atoms with Gasteiger partial charge in [0.25, 0.3) is 10.0 Å². The second-order valence-electron chi connectivity index (χ2n) is 6.48. The molecule has 2 aromatic rings. The first-order chi connectivity index (χ1) is 12.9. The molecule has 1 aromatic carbocycles. The highest BCUT2D eigenvalue weighted by Crippen LogP contribution is 2.31. The van der Waals surface area contributed by atoms with E-state index in [4.69, 9.17) is 11.6 Å². The Hall–Kier alpha value is -1.48. The van der Waals surface area contributed by atoms with Crippen molar-refractivity contribution in [1.82, 2.24) is 9.62 Å². The first-order valence-electron chi connectivity index (χ1n) is 8.62. The number of rotatable bonds is 6. The molecule has 2 heterocycles. The van der Waals surface area contributed by atoms with E-state index in [0.717, 1.165) is 11.3 Å². The first kappa shape index (κ1) is 20.3. The lowest BCUT2D eigenvalue weighted by atomic mass is 9.94. The molecule has 27 heavy (non-hydrogen) atoms. The Morgan fingerprint density at radius 2 is 1.93 bits per heavy atom. The maximum atomic E-state index is 13.6. The Morgan fingerprint density at radius 3 is 2.56 bits per heavy atom. The van der Waals surface area contributed by atoms with Crippen LogP contribution in [-0.4, -0.2) is 31.7 Å². The van der Waals surface area contributed by atoms with Crippen LogP contribution in [0.1, 0.15) is 24.8 Å². The Balaban J connectivity index is 1.48. The molecule has 0 atom stereocenters. The summed E-state index contributed by atoms with van der Waals surface area (Å²) < 4.78 is 40.9. The van der Waals surface area contributed by atoms with Crippen molar-refractivity contribution in [2.45, 2.75) is 30.0 Å². The van der Waals surface area contributed by atoms with Crippen LogP contribution >= 0.6 is 22.9 Å². The lowest BCUT2D eigenvalue weighted by molar-refractivity contribution is -0.122. The fourth-order valence-corrected chi connectivity index (χ4v) is 6.19. The van der Waals surface area contributed by atoms with Gasteiger partial charge in [-0.25, -0.2) is 12.8 Å². The Bertz CT molecular complexity index is 909. The van der Waals surface area contributed by atoms with Crippen LogP contribution in [0.15, 0.2) is 40.6 Å². The van der Waals surface area contributed by atoms with E-state index in [0.29, 0.717) is 42.3 Å². The Kier molecular flexibility index (Phi) is 6.52. The number of sulfonamides is 1. The van der Waals surface area contributed by atoms with E-state index < -0.39 is 10.0 Å². The standard InChI is InChI=1S/C18H20ClFN2O3S2/c19-16-5-6-18(26-16)27(24,25)22-9-7-13(8-10-22)11-17(23)21-12-14-3-1-2-4-15(14)20/h1-6,13H,7-12H2,(H,21,23). The molecule has 3 rings (SSSR count). The summed E-state index contributed by atoms with van der Waals surface area (Å²) in [5.74, 6) is -0.376. The second-order valence-corrected chi connectivity index (χ2v) is 10.4. The van der Waals surface area contributed by atoms with Crippen molar-refractivity contribution in [1.29, 1.82) is 0 Å². The number of nitrogens with zero attached hydrogens (tertiary/aromatic N) is 1. The number of amides is 1. The molecule has 1 aliphatic heterocycles. The van der Waals surface area contributed by atoms with E-state index in [1.165, 1.54) is 16.4 Å². The highest BCUT2D eigenvalue weighted by Gasteiger charge is 2.31. The molecule has 5 nitrogen and oxygen atoms in total. The zero-order valence-electron chi connectivity index (χ0n) is 14.5. The number of nitrogens with one attached hydrogen (secondary N) is 1. The summed E-state index contributed by atoms with van der Waals surface area (Å²) in [7, 11) is -3.52. The largest absolute Gasteiger partial charge is 0.352 e. The molecule has 0 spiro atoms. The molecule has 9 heteroatoms. The average Bonchev–Trinajstić information content (AvgIpc) is 3.09. The number of halogens is 2. The molecule has 1 aliphatic rings. The third-order valence-corrected chi connectivity index (χ3v) is 8.22. The molecular weight excluding hydrogens is 411 g/mol. The molecule has 1 amide bonds. The van der Waals surface area contributed by atoms with Gasteiger partial charge in [0.1, 0.15) is 10.0 Å². The van der Waals surface area contributed by atoms with E-state index >= 15 is 0 Å². The van der Waals surface area contributed by atoms with Crippen molar-refractivity contribution >= 4 is 38.9 Å². The number of benzene rings is 1. The van der Waals surface area contributed by atoms with Crippen LogP contribution in [0.25, 0.3) is 0 Å². The van der Waals surface area contributed by atoms with Crippen molar-refractivity contribution in [2.75, 3.05) is 13.1 Å². The summed E-state index contributed by atoms with van der Waals surface area (Å²) >= 11 is 6.88. The average molecular weight is 431 g/mol. The quantitative estimate of drug-likeness (QED) is 0.760. The van der Waals surface area contributed by atoms with Gasteiger partial charge in [-0.1, -0.05) is 29.8 Å². The lowest BCUT2D eigenvalue weighted by Gasteiger charge is -2.30. The van der Waals surface area contributed by atoms with Gasteiger partial charge in [0, 0.05) is 31.6 Å². The molecule has 0 aliphatic carbocycles. The van der Waals surface area contributed by atoms with Crippen LogP contribution in [0, 0.1) is 11.7 Å². The first-order valence-corrected chi connectivity index (χ1v) is 11.3. The number of thiophene rings is 1. The molecule has 1 fully saturated rings. The van der Waals surface area contributed by atoms with Crippen molar-refractivity contribution in [3.8, 4) is 0 Å². The van der Waals surface area contributed by atoms with Gasteiger partial charge in [-0.3, -0.25) is 4.79 Å². The number of hydrogen-bond donors (Lipinski definition) is 1. The summed E-state index contributed by atoms with van der Waals surface area (Å²) in [6.45, 7) is 0.907. The monoisotopic (exact) mass is 430 g/mol. The van der Waals surface area contributed by atoms with Gasteiger partial charge in [0.15, 0.2) is 0 Å². The number of piperidine rings is 1. The maximum Gasteiger partial charge on any atom is 0.252 e. The van der Waals surface area contributed by atoms with Crippen LogP contribution < -0.4 is 5.32 Å². The normalized spacial score (nSPS) is 16.4. The van der Waals surface area contributed by atoms with Crippen LogP contribution in [0.2, 0.25) is 4.34 Å². The van der Waals surface area contributed by atoms with E-state index in [1.807, 2.05) is 0 Å². The van der Waals surface area contributed by atoms with Gasteiger partial charge < -0.3 is 5.32 Å². The van der Waals surface area contributed by atoms with Gasteiger partial charge >= 0.3 is 0 Å². The lowest BCUT2D eigenvalue weighted by Crippen LogP contribution is -2.39. The van der Waals surface area contributed by atoms with Crippen LogP contribution in [0.3, 0.4) is 0 Å². The number of carbonyl (C=O) groups is 1. The molecule has 0 radical (unpaired) electrons. The SMILES string of the molecule is O=C(CC1CCN(S(=O)(=O)c2ccc(Cl)s2)CC1)NCc1ccccc1F. The fourth-order valence-electron chi connectivity index (χ4n) is 3.09. The van der Waals surface area contributed by atoms with E-state index in [9.17, 15) is 17.6 Å². The molecule has 0 saturated carbocycles. The topological polar surface area (TPSA) is 66.5 Å². The maximum absolute atomic E-state index is 13.6. The van der Waals surface area contributed by atoms with Crippen LogP contribution in [0.4, 0.5) is 4.39 Å². The summed E-state index contributed by atoms with van der Waals surface area (Å²) in [5.41, 5.74) is 0.446. The van der Waals surface area contributed by atoms with Crippen molar-refractivity contribution in [2.24, 2.45) is 5.92 Å². The molecule has 146 valence electrons. The van der Waals surface area contributed by atoms with Crippen LogP contribution in [-0.2, 0) is 21.4 Å². The fraction of sp³-hybridized carbons (Fsp3) is 0.389. The molecule has 0 unspecified atom stereocenters. The van der Waals surface area contributed by atoms with Gasteiger partial charge in [0.05, 0.1) is 4.34 Å². The van der Waals surface area contributed by atoms with Crippen molar-refractivity contribution < 1.29 is 17.6 Å². The highest BCUT2D eigenvalue weighted by molar-refractivity contribution is 7.91. The number of carbonyl (C=O) groups excluding carboxylic acids is 1. The Morgan fingerprint density at radius 1 is 1.22 bits per heavy atom. The predicted octanol–water partition coefficient (Wildman–Crippen LogP) is 3.65. The zero-order valence-corrected chi connectivity index (χ0v) is 16.9. The number of hydrogen-bond acceptors (Lipinski definition) is 4. The minimum Gasteiger partial charge on any atom is -0.352 e. The highest BCUT2D eigenvalue weighted by atomic mass is 35.5. The van der Waals surface area contributed by atoms with Gasteiger partial charge in [-0.05, 0) is 37.0 Å². The molecule has 1 saturated heterocycles. The van der Waals surface area contributed by atoms with Gasteiger partial charge in [0.2, 0.25) is 5.91 Å². The van der Waals surface area contributed by atoms with Gasteiger partial charge in [-0.2, -0.15) is 4.31 Å². The van der Waals surface area contributed by atoms with E-state index in [-0.39, 0.29) is 28.4 Å². The molecule has 0 bridgehead atoms. The van der Waals surface area contributed by atoms with Crippen LogP contribution in [0.5, 0.6) is 0 Å². The summed E-state index contributed by atoms with van der Waals surface area (Å²) in [5, 5.41) is 2.73. The predicted molar refractivity (Wildman–Crippen MR) is 104 cm³/mol. The summed E-state index contributed by atoms with van der Waals surface area (Å²) in [4.78, 5) is 12.1. The van der Waals surface area contributed by atoms with Crippen molar-refractivity contribution in [3.63, 3.8) is 0 Å². The Labute approximate surface area is 167 Å². The smallest absolute Gasteiger partial charge is 0.252 e. The minimum atomic E-state index is -3.52. The van der Waals surface area contributed by atoms with E-state index in [1.54, 1.807) is 24.3 Å². The molecule has 1 aromatic heterocycles. The second kappa shape index (κ2) is 8.68. The zero-order chi connectivity index (χ0) is 19.4. The minimum absolute atomic E-state index is 0.115. The molecular formula is C18H20ClFN2O3S2. The third kappa shape index (κ3) is 5.07. The van der Waals surface area contributed by atoms with Gasteiger partial charge in [-0.15, -0.1) is 11.3 Å². The van der Waals surface area contributed by atoms with E-state index in [2.05, 4.69) is 5.32 Å². The molecule has 1 N–H and O–H groups in total. The summed E-state index contributed by atoms with van der Waals surface area (Å²) in [6.07, 6.45) is 1.55.